The van der Waals surface area contributed by atoms with Gasteiger partial charge in [-0.15, -0.1) is 11.3 Å². The Kier molecular flexibility index (Phi) is 4.59. The van der Waals surface area contributed by atoms with E-state index >= 15 is 0 Å². The maximum Gasteiger partial charge on any atom is 0.469 e. The van der Waals surface area contributed by atoms with Crippen LogP contribution in [0.4, 0.5) is 0 Å². The molecule has 0 saturated carbocycles. The summed E-state index contributed by atoms with van der Waals surface area (Å²) in [5.74, 6) is 0. The van der Waals surface area contributed by atoms with Gasteiger partial charge in [-0.3, -0.25) is 4.52 Å². The second-order valence-corrected chi connectivity index (χ2v) is 6.36. The monoisotopic (exact) mass is 321 g/mol. The maximum atomic E-state index is 10.6. The Labute approximate surface area is 118 Å². The molecule has 1 aromatic heterocycles. The van der Waals surface area contributed by atoms with E-state index in [1.807, 2.05) is 6.07 Å². The first-order valence-corrected chi connectivity index (χ1v) is 7.93. The number of phosphoric ester groups is 1. The zero-order valence-electron chi connectivity index (χ0n) is 9.99. The first-order chi connectivity index (χ1) is 9.33. The molecule has 0 bridgehead atoms. The molecule has 1 saturated heterocycles. The third-order valence-corrected chi connectivity index (χ3v) is 4.31. The van der Waals surface area contributed by atoms with Crippen LogP contribution < -0.4 is 0 Å². The molecule has 1 aliphatic rings. The van der Waals surface area contributed by atoms with Crippen molar-refractivity contribution < 1.29 is 33.8 Å². The maximum absolute atomic E-state index is 10.6. The zero-order valence-corrected chi connectivity index (χ0v) is 11.7. The molecular weight excluding hydrogens is 309 g/mol. The van der Waals surface area contributed by atoms with E-state index in [2.05, 4.69) is 4.52 Å². The lowest BCUT2D eigenvalue weighted by atomic mass is 10.1. The fraction of sp³-hybridized carbons (Fsp3) is 0.500. The Bertz CT molecular complexity index is 564. The second kappa shape index (κ2) is 5.89. The van der Waals surface area contributed by atoms with Crippen LogP contribution in [0.5, 0.6) is 0 Å². The predicted octanol–water partition coefficient (Wildman–Crippen LogP) is -0.109. The molecule has 2 heterocycles. The summed E-state index contributed by atoms with van der Waals surface area (Å²) in [6, 6.07) is 3.50. The smallest absolute Gasteiger partial charge is 0.387 e. The number of thiophene rings is 1. The number of nitriles is 1. The Morgan fingerprint density at radius 3 is 2.75 bits per heavy atom. The summed E-state index contributed by atoms with van der Waals surface area (Å²) in [5.41, 5.74) is 0.322. The Morgan fingerprint density at radius 2 is 2.15 bits per heavy atom. The van der Waals surface area contributed by atoms with Gasteiger partial charge in [0.05, 0.1) is 17.0 Å². The number of hydrogen-bond acceptors (Lipinski definition) is 7. The highest BCUT2D eigenvalue weighted by Gasteiger charge is 2.45. The number of ether oxygens (including phenoxy) is 1. The minimum atomic E-state index is -4.68. The Hall–Kier alpha value is -0.820. The lowest BCUT2D eigenvalue weighted by Crippen LogP contribution is -2.33. The molecule has 20 heavy (non-hydrogen) atoms. The van der Waals surface area contributed by atoms with E-state index in [1.54, 1.807) is 11.4 Å². The van der Waals surface area contributed by atoms with Crippen LogP contribution >= 0.6 is 19.2 Å². The van der Waals surface area contributed by atoms with Crippen molar-refractivity contribution in [3.05, 3.63) is 21.9 Å². The van der Waals surface area contributed by atoms with Crippen LogP contribution in [-0.2, 0) is 13.8 Å². The summed E-state index contributed by atoms with van der Waals surface area (Å²) in [6.07, 6.45) is -4.67. The molecular formula is C10H12NO7PS. The van der Waals surface area contributed by atoms with Crippen molar-refractivity contribution in [2.75, 3.05) is 6.61 Å². The highest BCUT2D eigenvalue weighted by molar-refractivity contribution is 7.46. The largest absolute Gasteiger partial charge is 0.469 e. The number of phosphoric acid groups is 1. The predicted molar refractivity (Wildman–Crippen MR) is 66.7 cm³/mol. The van der Waals surface area contributed by atoms with Gasteiger partial charge in [0, 0.05) is 0 Å². The average Bonchev–Trinajstić information content (AvgIpc) is 2.93. The molecule has 0 spiro atoms. The minimum absolute atomic E-state index is 0.322. The van der Waals surface area contributed by atoms with Crippen molar-refractivity contribution in [3.63, 3.8) is 0 Å². The fourth-order valence-electron chi connectivity index (χ4n) is 1.91. The molecule has 110 valence electrons. The molecule has 1 aliphatic heterocycles. The van der Waals surface area contributed by atoms with E-state index in [4.69, 9.17) is 19.8 Å². The Morgan fingerprint density at radius 1 is 1.45 bits per heavy atom. The van der Waals surface area contributed by atoms with Gasteiger partial charge in [0.2, 0.25) is 0 Å². The SMILES string of the molecule is N#Cc1ccsc1[C@@H]1O[C@H](COP(=O)(O)O)[C@@H](O)[C@H]1O. The molecule has 0 aromatic carbocycles. The van der Waals surface area contributed by atoms with Crippen LogP contribution in [0.15, 0.2) is 11.4 Å². The summed E-state index contributed by atoms with van der Waals surface area (Å²) in [6.45, 7) is -0.563. The van der Waals surface area contributed by atoms with Gasteiger partial charge in [0.25, 0.3) is 0 Å². The van der Waals surface area contributed by atoms with E-state index < -0.39 is 38.8 Å². The number of nitrogens with zero attached hydrogens (tertiary/aromatic N) is 1. The summed E-state index contributed by atoms with van der Waals surface area (Å²) in [7, 11) is -4.68. The second-order valence-electron chi connectivity index (χ2n) is 4.17. The third-order valence-electron chi connectivity index (χ3n) is 2.84. The molecule has 4 atom stereocenters. The summed E-state index contributed by atoms with van der Waals surface area (Å²) in [5, 5.41) is 30.3. The molecule has 8 nitrogen and oxygen atoms in total. The van der Waals surface area contributed by atoms with Gasteiger partial charge in [0.1, 0.15) is 30.5 Å². The van der Waals surface area contributed by atoms with Crippen molar-refractivity contribution in [1.29, 1.82) is 5.26 Å². The lowest BCUT2D eigenvalue weighted by molar-refractivity contribution is -0.0214. The summed E-state index contributed by atoms with van der Waals surface area (Å²) < 4.78 is 20.2. The lowest BCUT2D eigenvalue weighted by Gasteiger charge is -2.14. The quantitative estimate of drug-likeness (QED) is 0.563. The van der Waals surface area contributed by atoms with E-state index in [9.17, 15) is 14.8 Å². The average molecular weight is 321 g/mol. The van der Waals surface area contributed by atoms with Crippen molar-refractivity contribution in [2.45, 2.75) is 24.4 Å². The van der Waals surface area contributed by atoms with Crippen LogP contribution in [0.3, 0.4) is 0 Å². The van der Waals surface area contributed by atoms with Gasteiger partial charge >= 0.3 is 7.82 Å². The summed E-state index contributed by atoms with van der Waals surface area (Å²) in [4.78, 5) is 17.7. The van der Waals surface area contributed by atoms with Crippen LogP contribution in [0.1, 0.15) is 16.5 Å². The van der Waals surface area contributed by atoms with Gasteiger partial charge in [0.15, 0.2) is 0 Å². The third kappa shape index (κ3) is 3.25. The van der Waals surface area contributed by atoms with Crippen LogP contribution in [-0.4, -0.2) is 44.9 Å². The van der Waals surface area contributed by atoms with Gasteiger partial charge in [-0.05, 0) is 11.4 Å². The first kappa shape index (κ1) is 15.6. The number of rotatable bonds is 4. The highest BCUT2D eigenvalue weighted by atomic mass is 32.1. The zero-order chi connectivity index (χ0) is 14.9. The molecule has 1 fully saturated rings. The number of aliphatic hydroxyl groups excluding tert-OH is 2. The van der Waals surface area contributed by atoms with E-state index in [0.717, 1.165) is 0 Å². The topological polar surface area (TPSA) is 140 Å². The first-order valence-electron chi connectivity index (χ1n) is 5.52. The van der Waals surface area contributed by atoms with Crippen molar-refractivity contribution in [1.82, 2.24) is 0 Å². The van der Waals surface area contributed by atoms with Gasteiger partial charge < -0.3 is 24.7 Å². The van der Waals surface area contributed by atoms with Gasteiger partial charge in [-0.1, -0.05) is 0 Å². The molecule has 0 radical (unpaired) electrons. The normalized spacial score (nSPS) is 30.4. The van der Waals surface area contributed by atoms with Gasteiger partial charge in [-0.25, -0.2) is 4.57 Å². The molecule has 10 heteroatoms. The van der Waals surface area contributed by atoms with Crippen LogP contribution in [0.2, 0.25) is 0 Å². The van der Waals surface area contributed by atoms with Crippen molar-refractivity contribution >= 4 is 19.2 Å². The minimum Gasteiger partial charge on any atom is -0.387 e. The van der Waals surface area contributed by atoms with Crippen molar-refractivity contribution in [2.24, 2.45) is 0 Å². The summed E-state index contributed by atoms with van der Waals surface area (Å²) >= 11 is 1.19. The van der Waals surface area contributed by atoms with E-state index in [0.29, 0.717) is 10.4 Å². The highest BCUT2D eigenvalue weighted by Crippen LogP contribution is 2.41. The number of hydrogen-bond donors (Lipinski definition) is 4. The molecule has 2 rings (SSSR count). The van der Waals surface area contributed by atoms with Gasteiger partial charge in [-0.2, -0.15) is 5.26 Å². The van der Waals surface area contributed by atoms with Crippen LogP contribution in [0.25, 0.3) is 0 Å². The molecule has 0 amide bonds. The number of aliphatic hydroxyl groups is 2. The molecule has 4 N–H and O–H groups in total. The molecule has 0 unspecified atom stereocenters. The van der Waals surface area contributed by atoms with Crippen molar-refractivity contribution in [3.8, 4) is 6.07 Å². The Balaban J connectivity index is 2.11. The fourth-order valence-corrected chi connectivity index (χ4v) is 3.17. The van der Waals surface area contributed by atoms with E-state index in [1.165, 1.54) is 11.3 Å². The van der Waals surface area contributed by atoms with Crippen LogP contribution in [0, 0.1) is 11.3 Å². The molecule has 0 aliphatic carbocycles. The standard InChI is InChI=1S/C10H12NO7PS/c11-3-5-1-2-20-10(5)9-8(13)7(12)6(18-9)4-17-19(14,15)16/h1-2,6-9,12-13H,4H2,(H2,14,15,16)/t6-,7-,8-,9-/m1/s1. The van der Waals surface area contributed by atoms with E-state index in [-0.39, 0.29) is 0 Å². The molecule has 1 aromatic rings.